The summed E-state index contributed by atoms with van der Waals surface area (Å²) in [4.78, 5) is 9.56. The molecule has 1 aliphatic heterocycles. The maximum absolute atomic E-state index is 6.48. The summed E-state index contributed by atoms with van der Waals surface area (Å²) in [7, 11) is 0. The Morgan fingerprint density at radius 3 is 2.16 bits per heavy atom. The molecule has 5 heteroatoms. The highest BCUT2D eigenvalue weighted by Crippen LogP contribution is 2.45. The van der Waals surface area contributed by atoms with Crippen molar-refractivity contribution in [3.63, 3.8) is 0 Å². The standard InChI is InChI=1S/C38H25N3O2/c1-2-9-26(10-3-1)40-24-41(35-15-6-5-14-34(35)40)27-11-8-12-28(21-27)42-29-19-17-25-18-20-31-37(32(25)22-29)39-23-33-30-13-4-7-16-36(30)43-38(31)33/h1-23H,24H2. The highest BCUT2D eigenvalue weighted by Gasteiger charge is 2.27. The van der Waals surface area contributed by atoms with E-state index >= 15 is 0 Å². The van der Waals surface area contributed by atoms with Crippen LogP contribution < -0.4 is 14.5 Å². The second-order valence-electron chi connectivity index (χ2n) is 10.9. The van der Waals surface area contributed by atoms with E-state index in [0.717, 1.165) is 67.5 Å². The number of para-hydroxylation sites is 4. The molecule has 6 aromatic carbocycles. The van der Waals surface area contributed by atoms with Crippen molar-refractivity contribution in [2.75, 3.05) is 16.5 Å². The Morgan fingerprint density at radius 2 is 1.28 bits per heavy atom. The Labute approximate surface area is 247 Å². The van der Waals surface area contributed by atoms with Crippen LogP contribution in [0.3, 0.4) is 0 Å². The average molecular weight is 556 g/mol. The normalized spacial score (nSPS) is 12.9. The van der Waals surface area contributed by atoms with Crippen LogP contribution in [0.15, 0.2) is 144 Å². The number of rotatable bonds is 4. The molecule has 8 aromatic rings. The van der Waals surface area contributed by atoms with Crippen LogP contribution in [0.25, 0.3) is 43.6 Å². The monoisotopic (exact) mass is 555 g/mol. The minimum Gasteiger partial charge on any atom is -0.457 e. The van der Waals surface area contributed by atoms with Gasteiger partial charge >= 0.3 is 0 Å². The maximum Gasteiger partial charge on any atom is 0.146 e. The zero-order valence-corrected chi connectivity index (χ0v) is 23.1. The van der Waals surface area contributed by atoms with Gasteiger partial charge in [-0.3, -0.25) is 4.98 Å². The molecule has 0 aliphatic carbocycles. The molecule has 5 nitrogen and oxygen atoms in total. The van der Waals surface area contributed by atoms with Crippen LogP contribution in [-0.2, 0) is 0 Å². The van der Waals surface area contributed by atoms with Crippen molar-refractivity contribution in [2.24, 2.45) is 0 Å². The molecule has 0 atom stereocenters. The third kappa shape index (κ3) is 3.82. The summed E-state index contributed by atoms with van der Waals surface area (Å²) in [6.07, 6.45) is 1.92. The Hall–Kier alpha value is -5.81. The topological polar surface area (TPSA) is 41.7 Å². The molecule has 0 N–H and O–H groups in total. The highest BCUT2D eigenvalue weighted by atomic mass is 16.5. The minimum atomic E-state index is 0.719. The second-order valence-corrected chi connectivity index (χ2v) is 10.9. The molecule has 3 heterocycles. The Morgan fingerprint density at radius 1 is 0.558 bits per heavy atom. The van der Waals surface area contributed by atoms with Crippen molar-refractivity contribution in [2.45, 2.75) is 0 Å². The van der Waals surface area contributed by atoms with Crippen molar-refractivity contribution >= 4 is 66.4 Å². The van der Waals surface area contributed by atoms with E-state index in [1.807, 2.05) is 36.5 Å². The van der Waals surface area contributed by atoms with Crippen molar-refractivity contribution in [3.05, 3.63) is 140 Å². The molecule has 1 aliphatic rings. The van der Waals surface area contributed by atoms with Crippen molar-refractivity contribution in [1.82, 2.24) is 4.98 Å². The van der Waals surface area contributed by atoms with E-state index in [4.69, 9.17) is 14.1 Å². The van der Waals surface area contributed by atoms with E-state index in [1.54, 1.807) is 0 Å². The fraction of sp³-hybridized carbons (Fsp3) is 0.0263. The number of hydrogen-bond donors (Lipinski definition) is 0. The van der Waals surface area contributed by atoms with Gasteiger partial charge in [0.05, 0.1) is 16.9 Å². The van der Waals surface area contributed by atoms with Gasteiger partial charge in [0.1, 0.15) is 29.3 Å². The summed E-state index contributed by atoms with van der Waals surface area (Å²) in [6.45, 7) is 0.719. The van der Waals surface area contributed by atoms with Crippen molar-refractivity contribution in [1.29, 1.82) is 0 Å². The van der Waals surface area contributed by atoms with E-state index < -0.39 is 0 Å². The summed E-state index contributed by atoms with van der Waals surface area (Å²) in [6, 6.07) is 45.9. The van der Waals surface area contributed by atoms with E-state index in [2.05, 4.69) is 113 Å². The quantitative estimate of drug-likeness (QED) is 0.202. The molecule has 0 saturated heterocycles. The summed E-state index contributed by atoms with van der Waals surface area (Å²) in [5.41, 5.74) is 7.23. The predicted molar refractivity (Wildman–Crippen MR) is 175 cm³/mol. The number of fused-ring (bicyclic) bond motifs is 8. The second kappa shape index (κ2) is 9.36. The lowest BCUT2D eigenvalue weighted by molar-refractivity contribution is 0.483. The first kappa shape index (κ1) is 23.9. The first-order chi connectivity index (χ1) is 21.3. The summed E-state index contributed by atoms with van der Waals surface area (Å²) < 4.78 is 12.8. The number of anilines is 4. The van der Waals surface area contributed by atoms with E-state index in [1.165, 1.54) is 17.1 Å². The molecule has 0 unspecified atom stereocenters. The fourth-order valence-corrected chi connectivity index (χ4v) is 6.31. The van der Waals surface area contributed by atoms with E-state index in [0.29, 0.717) is 0 Å². The lowest BCUT2D eigenvalue weighted by atomic mass is 10.0. The minimum absolute atomic E-state index is 0.719. The van der Waals surface area contributed by atoms with Crippen LogP contribution in [0.2, 0.25) is 0 Å². The number of furan rings is 1. The van der Waals surface area contributed by atoms with Gasteiger partial charge in [-0.25, -0.2) is 0 Å². The van der Waals surface area contributed by atoms with Gasteiger partial charge in [0.25, 0.3) is 0 Å². The molecule has 204 valence electrons. The van der Waals surface area contributed by atoms with E-state index in [-0.39, 0.29) is 0 Å². The van der Waals surface area contributed by atoms with Crippen LogP contribution in [0, 0.1) is 0 Å². The molecule has 0 amide bonds. The van der Waals surface area contributed by atoms with E-state index in [9.17, 15) is 0 Å². The van der Waals surface area contributed by atoms with Gasteiger partial charge < -0.3 is 19.0 Å². The summed E-state index contributed by atoms with van der Waals surface area (Å²) in [5, 5.41) is 5.24. The Bertz CT molecular complexity index is 2330. The molecular formula is C38H25N3O2. The number of hydrogen-bond acceptors (Lipinski definition) is 5. The van der Waals surface area contributed by atoms with Crippen LogP contribution in [0.4, 0.5) is 22.7 Å². The van der Waals surface area contributed by atoms with Gasteiger partial charge in [0.15, 0.2) is 0 Å². The van der Waals surface area contributed by atoms with Crippen LogP contribution >= 0.6 is 0 Å². The SMILES string of the molecule is c1ccc(N2CN(c3cccc(Oc4ccc5ccc6c(ncc7c8ccccc8oc76)c5c4)c3)c3ccccc32)cc1. The van der Waals surface area contributed by atoms with Crippen LogP contribution in [0.1, 0.15) is 0 Å². The molecule has 0 bridgehead atoms. The van der Waals surface area contributed by atoms with Crippen LogP contribution in [-0.4, -0.2) is 11.7 Å². The number of aromatic nitrogens is 1. The number of ether oxygens (including phenoxy) is 1. The summed E-state index contributed by atoms with van der Waals surface area (Å²) in [5.74, 6) is 1.54. The third-order valence-corrected chi connectivity index (χ3v) is 8.34. The molecule has 2 aromatic heterocycles. The van der Waals surface area contributed by atoms with Gasteiger partial charge in [-0.15, -0.1) is 0 Å². The first-order valence-corrected chi connectivity index (χ1v) is 14.4. The number of benzene rings is 6. The lowest BCUT2D eigenvalue weighted by Gasteiger charge is -2.22. The Kier molecular flexibility index (Phi) is 5.19. The molecule has 9 rings (SSSR count). The number of nitrogens with zero attached hydrogens (tertiary/aromatic N) is 3. The molecule has 0 radical (unpaired) electrons. The molecule has 0 fully saturated rings. The number of pyridine rings is 1. The maximum atomic E-state index is 6.48. The fourth-order valence-electron chi connectivity index (χ4n) is 6.31. The van der Waals surface area contributed by atoms with Gasteiger partial charge in [0.2, 0.25) is 0 Å². The van der Waals surface area contributed by atoms with Crippen molar-refractivity contribution < 1.29 is 9.15 Å². The predicted octanol–water partition coefficient (Wildman–Crippen LogP) is 10.3. The molecular weight excluding hydrogens is 530 g/mol. The highest BCUT2D eigenvalue weighted by molar-refractivity contribution is 6.18. The zero-order chi connectivity index (χ0) is 28.3. The van der Waals surface area contributed by atoms with Crippen LogP contribution in [0.5, 0.6) is 11.5 Å². The zero-order valence-electron chi connectivity index (χ0n) is 23.1. The average Bonchev–Trinajstić information content (AvgIpc) is 3.64. The molecule has 43 heavy (non-hydrogen) atoms. The van der Waals surface area contributed by atoms with Gasteiger partial charge in [-0.05, 0) is 66.0 Å². The lowest BCUT2D eigenvalue weighted by Crippen LogP contribution is -2.23. The third-order valence-electron chi connectivity index (χ3n) is 8.34. The summed E-state index contributed by atoms with van der Waals surface area (Å²) >= 11 is 0. The molecule has 0 spiro atoms. The van der Waals surface area contributed by atoms with Gasteiger partial charge in [-0.1, -0.05) is 66.7 Å². The molecule has 0 saturated carbocycles. The first-order valence-electron chi connectivity index (χ1n) is 14.4. The van der Waals surface area contributed by atoms with Gasteiger partial charge in [0, 0.05) is 45.2 Å². The smallest absolute Gasteiger partial charge is 0.146 e. The Balaban J connectivity index is 1.08. The largest absolute Gasteiger partial charge is 0.457 e. The van der Waals surface area contributed by atoms with Crippen molar-refractivity contribution in [3.8, 4) is 11.5 Å². The van der Waals surface area contributed by atoms with Gasteiger partial charge in [-0.2, -0.15) is 0 Å².